The Morgan fingerprint density at radius 2 is 1.24 bits per heavy atom. The lowest BCUT2D eigenvalue weighted by Gasteiger charge is -2.13. The fraction of sp³-hybridized carbons (Fsp3) is 0.250. The summed E-state index contributed by atoms with van der Waals surface area (Å²) in [6, 6.07) is 9.82. The van der Waals surface area contributed by atoms with Gasteiger partial charge in [0.15, 0.2) is 0 Å². The predicted molar refractivity (Wildman–Crippen MR) is 129 cm³/mol. The lowest BCUT2D eigenvalue weighted by atomic mass is 10.2. The number of carbonyl (C=O) groups excluding carboxylic acids is 1. The van der Waals surface area contributed by atoms with Gasteiger partial charge in [-0.1, -0.05) is 7.43 Å². The largest absolute Gasteiger partial charge is 0.478 e. The molecular weight excluding hydrogens is 438 g/mol. The van der Waals surface area contributed by atoms with Gasteiger partial charge in [-0.05, 0) is 43.3 Å². The lowest BCUT2D eigenvalue weighted by molar-refractivity contribution is -0.0756. The minimum atomic E-state index is -0.951. The van der Waals surface area contributed by atoms with Crippen molar-refractivity contribution < 1.29 is 24.3 Å². The van der Waals surface area contributed by atoms with Gasteiger partial charge in [0.25, 0.3) is 5.91 Å². The maximum absolute atomic E-state index is 11.8. The number of rotatable bonds is 4. The highest BCUT2D eigenvalue weighted by molar-refractivity contribution is 5.96. The summed E-state index contributed by atoms with van der Waals surface area (Å²) in [5.74, 6) is -1.16. The zero-order chi connectivity index (χ0) is 24.2. The van der Waals surface area contributed by atoms with Crippen LogP contribution < -0.4 is 0 Å². The number of aromatic nitrogens is 4. The van der Waals surface area contributed by atoms with Crippen LogP contribution in [-0.2, 0) is 9.57 Å². The fourth-order valence-electron chi connectivity index (χ4n) is 2.46. The molecule has 2 aromatic heterocycles. The van der Waals surface area contributed by atoms with Crippen molar-refractivity contribution in [1.29, 1.82) is 0 Å². The Hall–Kier alpha value is -4.02. The van der Waals surface area contributed by atoms with Crippen LogP contribution in [0.3, 0.4) is 0 Å². The Morgan fingerprint density at radius 3 is 1.65 bits per heavy atom. The molecule has 0 atom stereocenters. The average molecular weight is 468 g/mol. The number of hydrogen-bond donors (Lipinski definition) is 1. The number of hydroxylamine groups is 2. The van der Waals surface area contributed by atoms with Crippen molar-refractivity contribution in [3.8, 4) is 0 Å². The third kappa shape index (κ3) is 7.84. The lowest BCUT2D eigenvalue weighted by Crippen LogP contribution is -2.25. The molecule has 4 rings (SSSR count). The molecule has 10 nitrogen and oxygen atoms in total. The number of fused-ring (bicyclic) bond motifs is 2. The van der Waals surface area contributed by atoms with Gasteiger partial charge in [0.2, 0.25) is 0 Å². The van der Waals surface area contributed by atoms with Crippen molar-refractivity contribution >= 4 is 33.9 Å². The third-order valence-corrected chi connectivity index (χ3v) is 4.28. The van der Waals surface area contributed by atoms with Crippen LogP contribution >= 0.6 is 0 Å². The predicted octanol–water partition coefficient (Wildman–Crippen LogP) is 3.88. The first-order valence-electron chi connectivity index (χ1n) is 9.87. The highest BCUT2D eigenvalue weighted by Crippen LogP contribution is 2.12. The average Bonchev–Trinajstić information content (AvgIpc) is 2.87. The van der Waals surface area contributed by atoms with Crippen LogP contribution in [0, 0.1) is 0 Å². The molecule has 0 aliphatic heterocycles. The van der Waals surface area contributed by atoms with Crippen molar-refractivity contribution in [3.63, 3.8) is 0 Å². The van der Waals surface area contributed by atoms with E-state index in [0.717, 1.165) is 17.2 Å². The second kappa shape index (κ2) is 14.2. The molecule has 180 valence electrons. The molecule has 0 aliphatic carbocycles. The zero-order valence-corrected chi connectivity index (χ0v) is 18.8. The molecule has 0 bridgehead atoms. The minimum absolute atomic E-state index is 0. The fourth-order valence-corrected chi connectivity index (χ4v) is 2.46. The van der Waals surface area contributed by atoms with E-state index in [2.05, 4.69) is 24.7 Å². The van der Waals surface area contributed by atoms with E-state index >= 15 is 0 Å². The number of nitrogens with zero attached hydrogens (tertiary/aromatic N) is 5. The Balaban J connectivity index is 0.000000291. The van der Waals surface area contributed by atoms with E-state index in [9.17, 15) is 9.59 Å². The third-order valence-electron chi connectivity index (χ3n) is 4.28. The van der Waals surface area contributed by atoms with Crippen molar-refractivity contribution in [3.05, 3.63) is 72.3 Å². The molecule has 34 heavy (non-hydrogen) atoms. The summed E-state index contributed by atoms with van der Waals surface area (Å²) in [4.78, 5) is 43.5. The molecule has 0 unspecified atom stereocenters. The van der Waals surface area contributed by atoms with E-state index in [1.165, 1.54) is 25.4 Å². The molecule has 1 amide bonds. The quantitative estimate of drug-likeness (QED) is 0.445. The van der Waals surface area contributed by atoms with E-state index in [-0.39, 0.29) is 18.9 Å². The Morgan fingerprint density at radius 1 is 0.824 bits per heavy atom. The Bertz CT molecular complexity index is 1220. The van der Waals surface area contributed by atoms with Gasteiger partial charge < -0.3 is 9.84 Å². The summed E-state index contributed by atoms with van der Waals surface area (Å²) in [6.45, 7) is 2.78. The van der Waals surface area contributed by atoms with E-state index < -0.39 is 5.97 Å². The maximum Gasteiger partial charge on any atom is 0.335 e. The van der Waals surface area contributed by atoms with Crippen LogP contribution in [0.2, 0.25) is 0 Å². The summed E-state index contributed by atoms with van der Waals surface area (Å²) >= 11 is 0. The van der Waals surface area contributed by atoms with Crippen LogP contribution in [0.15, 0.2) is 61.2 Å². The minimum Gasteiger partial charge on any atom is -0.478 e. The van der Waals surface area contributed by atoms with Gasteiger partial charge in [0, 0.05) is 51.1 Å². The standard InChI is InChI=1S/C11H11N3O2.C9H6N2O2.C3H8O.CH4/c1-14(16-2)11(15)8-3-4-9-10(7-8)13-6-5-12-9;12-9(13)6-1-2-7-8(5-6)11-4-3-10-7;1-3-4-2;/h3-7H,1-2H3;1-5H,(H,12,13);3H2,1-2H3;1H4. The van der Waals surface area contributed by atoms with Gasteiger partial charge in [-0.15, -0.1) is 0 Å². The number of carboxylic acid groups (broad SMARTS) is 1. The summed E-state index contributed by atoms with van der Waals surface area (Å²) in [6.07, 6.45) is 6.32. The molecule has 0 fully saturated rings. The topological polar surface area (TPSA) is 128 Å². The molecule has 0 saturated heterocycles. The number of ether oxygens (including phenoxy) is 1. The number of methoxy groups -OCH3 is 1. The van der Waals surface area contributed by atoms with Crippen LogP contribution in [-0.4, -0.2) is 69.9 Å². The van der Waals surface area contributed by atoms with Gasteiger partial charge in [-0.2, -0.15) is 0 Å². The van der Waals surface area contributed by atoms with Gasteiger partial charge in [0.05, 0.1) is 34.7 Å². The van der Waals surface area contributed by atoms with Crippen molar-refractivity contribution in [2.45, 2.75) is 14.4 Å². The molecule has 1 N–H and O–H groups in total. The number of amides is 1. The molecule has 10 heteroatoms. The summed E-state index contributed by atoms with van der Waals surface area (Å²) in [5.41, 5.74) is 3.51. The van der Waals surface area contributed by atoms with Crippen molar-refractivity contribution in [2.24, 2.45) is 0 Å². The molecule has 4 aromatic rings. The first-order valence-corrected chi connectivity index (χ1v) is 9.87. The number of carbonyl (C=O) groups is 2. The number of hydrogen-bond acceptors (Lipinski definition) is 8. The van der Waals surface area contributed by atoms with Crippen LogP contribution in [0.5, 0.6) is 0 Å². The van der Waals surface area contributed by atoms with Gasteiger partial charge in [0.1, 0.15) is 0 Å². The number of aromatic carboxylic acids is 1. The first kappa shape index (κ1) is 28.0. The zero-order valence-electron chi connectivity index (χ0n) is 18.8. The summed E-state index contributed by atoms with van der Waals surface area (Å²) in [7, 11) is 4.68. The number of carboxylic acids is 1. The second-order valence-corrected chi connectivity index (χ2v) is 6.39. The van der Waals surface area contributed by atoms with Gasteiger partial charge >= 0.3 is 5.97 Å². The highest BCUT2D eigenvalue weighted by atomic mass is 16.7. The monoisotopic (exact) mass is 467 g/mol. The molecule has 0 radical (unpaired) electrons. The normalized spacial score (nSPS) is 9.65. The van der Waals surface area contributed by atoms with E-state index in [1.54, 1.807) is 57.0 Å². The Labute approximate surface area is 198 Å². The molecule has 0 spiro atoms. The SMILES string of the molecule is C.CCOC.CON(C)C(=O)c1ccc2nccnc2c1.O=C(O)c1ccc2nccnc2c1. The van der Waals surface area contributed by atoms with E-state index in [4.69, 9.17) is 9.94 Å². The van der Waals surface area contributed by atoms with E-state index in [0.29, 0.717) is 22.1 Å². The Kier molecular flexibility index (Phi) is 11.7. The smallest absolute Gasteiger partial charge is 0.335 e. The van der Waals surface area contributed by atoms with Gasteiger partial charge in [-0.3, -0.25) is 29.6 Å². The van der Waals surface area contributed by atoms with Crippen LogP contribution in [0.1, 0.15) is 35.1 Å². The molecular formula is C24H29N5O5. The number of benzene rings is 2. The van der Waals surface area contributed by atoms with Crippen LogP contribution in [0.4, 0.5) is 0 Å². The first-order chi connectivity index (χ1) is 15.9. The summed E-state index contributed by atoms with van der Waals surface area (Å²) < 4.78 is 4.54. The summed E-state index contributed by atoms with van der Waals surface area (Å²) in [5, 5.41) is 9.86. The second-order valence-electron chi connectivity index (χ2n) is 6.39. The molecule has 0 saturated carbocycles. The molecule has 2 aromatic carbocycles. The van der Waals surface area contributed by atoms with E-state index in [1.807, 2.05) is 6.92 Å². The van der Waals surface area contributed by atoms with Crippen molar-refractivity contribution in [1.82, 2.24) is 25.0 Å². The molecule has 0 aliphatic rings. The van der Waals surface area contributed by atoms with Gasteiger partial charge in [-0.25, -0.2) is 9.86 Å². The maximum atomic E-state index is 11.8. The van der Waals surface area contributed by atoms with Crippen LogP contribution in [0.25, 0.3) is 22.1 Å². The molecule has 2 heterocycles. The van der Waals surface area contributed by atoms with Crippen molar-refractivity contribution in [2.75, 3.05) is 27.9 Å². The highest BCUT2D eigenvalue weighted by Gasteiger charge is 2.11.